The number of nitrogens with one attached hydrogen (secondary N) is 2. The van der Waals surface area contributed by atoms with E-state index in [4.69, 9.17) is 4.74 Å². The highest BCUT2D eigenvalue weighted by atomic mass is 16.5. The summed E-state index contributed by atoms with van der Waals surface area (Å²) < 4.78 is 5.45. The van der Waals surface area contributed by atoms with Gasteiger partial charge in [-0.15, -0.1) is 0 Å². The third-order valence-corrected chi connectivity index (χ3v) is 4.25. The maximum atomic E-state index is 11.8. The third-order valence-electron chi connectivity index (χ3n) is 4.25. The smallest absolute Gasteiger partial charge is 0.306 e. The van der Waals surface area contributed by atoms with E-state index in [0.717, 1.165) is 31.8 Å². The van der Waals surface area contributed by atoms with Gasteiger partial charge in [0.15, 0.2) is 5.96 Å². The van der Waals surface area contributed by atoms with Crippen molar-refractivity contribution in [1.82, 2.24) is 10.6 Å². The molecule has 0 unspecified atom stereocenters. The van der Waals surface area contributed by atoms with Crippen LogP contribution in [-0.2, 0) is 16.1 Å². The van der Waals surface area contributed by atoms with Gasteiger partial charge in [-0.2, -0.15) is 0 Å². The number of carbonyl (C=O) groups excluding carboxylic acids is 1. The lowest BCUT2D eigenvalue weighted by Gasteiger charge is -2.13. The minimum Gasteiger partial charge on any atom is -0.462 e. The van der Waals surface area contributed by atoms with Gasteiger partial charge in [-0.05, 0) is 44.6 Å². The molecule has 24 heavy (non-hydrogen) atoms. The van der Waals surface area contributed by atoms with Gasteiger partial charge in [-0.1, -0.05) is 29.8 Å². The summed E-state index contributed by atoms with van der Waals surface area (Å²) in [5, 5.41) is 6.51. The van der Waals surface area contributed by atoms with Crippen molar-refractivity contribution < 1.29 is 9.53 Å². The van der Waals surface area contributed by atoms with Crippen molar-refractivity contribution in [3.8, 4) is 0 Å². The molecule has 1 aliphatic carbocycles. The lowest BCUT2D eigenvalue weighted by Crippen LogP contribution is -2.37. The molecule has 0 radical (unpaired) electrons. The Morgan fingerprint density at radius 1 is 1.21 bits per heavy atom. The Balaban J connectivity index is 1.59. The summed E-state index contributed by atoms with van der Waals surface area (Å²) in [6.07, 6.45) is 5.79. The fourth-order valence-corrected chi connectivity index (χ4v) is 2.80. The Labute approximate surface area is 144 Å². The zero-order valence-corrected chi connectivity index (χ0v) is 14.8. The van der Waals surface area contributed by atoms with Crippen LogP contribution in [0.15, 0.2) is 29.3 Å². The van der Waals surface area contributed by atoms with Crippen molar-refractivity contribution in [3.05, 3.63) is 35.4 Å². The minimum atomic E-state index is -0.0775. The second-order valence-electron chi connectivity index (χ2n) is 6.34. The number of aryl methyl sites for hydroxylation is 1. The van der Waals surface area contributed by atoms with E-state index in [9.17, 15) is 4.79 Å². The molecule has 0 bridgehead atoms. The van der Waals surface area contributed by atoms with Gasteiger partial charge in [0, 0.05) is 26.6 Å². The molecule has 2 N–H and O–H groups in total. The summed E-state index contributed by atoms with van der Waals surface area (Å²) in [6.45, 7) is 3.51. The third kappa shape index (κ3) is 6.60. The Kier molecular flexibility index (Phi) is 7.59. The molecule has 1 fully saturated rings. The maximum Gasteiger partial charge on any atom is 0.306 e. The van der Waals surface area contributed by atoms with Crippen LogP contribution in [0.25, 0.3) is 0 Å². The molecule has 0 spiro atoms. The van der Waals surface area contributed by atoms with Gasteiger partial charge in [0.2, 0.25) is 0 Å². The van der Waals surface area contributed by atoms with Gasteiger partial charge in [0.1, 0.15) is 6.10 Å². The summed E-state index contributed by atoms with van der Waals surface area (Å²) in [5.41, 5.74) is 2.47. The van der Waals surface area contributed by atoms with Crippen molar-refractivity contribution in [1.29, 1.82) is 0 Å². The van der Waals surface area contributed by atoms with E-state index < -0.39 is 0 Å². The predicted octanol–water partition coefficient (Wildman–Crippen LogP) is 2.93. The number of aliphatic imine (C=N–C) groups is 1. The summed E-state index contributed by atoms with van der Waals surface area (Å²) in [4.78, 5) is 16.0. The Hall–Kier alpha value is -2.04. The quantitative estimate of drug-likeness (QED) is 0.349. The lowest BCUT2D eigenvalue weighted by atomic mass is 10.1. The van der Waals surface area contributed by atoms with E-state index in [2.05, 4.69) is 46.8 Å². The minimum absolute atomic E-state index is 0.0775. The number of ether oxygens (including phenoxy) is 1. The molecule has 1 saturated carbocycles. The molecule has 0 amide bonds. The molecule has 1 aliphatic rings. The topological polar surface area (TPSA) is 62.7 Å². The van der Waals surface area contributed by atoms with Crippen LogP contribution < -0.4 is 10.6 Å². The van der Waals surface area contributed by atoms with Gasteiger partial charge in [0.25, 0.3) is 0 Å². The first-order valence-corrected chi connectivity index (χ1v) is 8.87. The Morgan fingerprint density at radius 2 is 1.92 bits per heavy atom. The van der Waals surface area contributed by atoms with E-state index in [-0.39, 0.29) is 12.1 Å². The second-order valence-corrected chi connectivity index (χ2v) is 6.34. The molecule has 1 aromatic rings. The Bertz CT molecular complexity index is 534. The van der Waals surface area contributed by atoms with Crippen LogP contribution in [-0.4, -0.2) is 31.6 Å². The van der Waals surface area contributed by atoms with Gasteiger partial charge in [-0.3, -0.25) is 9.79 Å². The SMILES string of the molecule is CN=C(NCCCC(=O)OC1CCCC1)NCc1ccc(C)cc1. The van der Waals surface area contributed by atoms with Gasteiger partial charge in [-0.25, -0.2) is 0 Å². The number of rotatable bonds is 7. The van der Waals surface area contributed by atoms with Crippen LogP contribution in [0.5, 0.6) is 0 Å². The molecule has 5 nitrogen and oxygen atoms in total. The van der Waals surface area contributed by atoms with Crippen LogP contribution in [0.2, 0.25) is 0 Å². The molecule has 2 rings (SSSR count). The summed E-state index contributed by atoms with van der Waals surface area (Å²) in [5.74, 6) is 0.672. The highest BCUT2D eigenvalue weighted by Gasteiger charge is 2.18. The molecular weight excluding hydrogens is 302 g/mol. The van der Waals surface area contributed by atoms with Crippen LogP contribution in [0, 0.1) is 6.92 Å². The van der Waals surface area contributed by atoms with Crippen molar-refractivity contribution in [2.75, 3.05) is 13.6 Å². The van der Waals surface area contributed by atoms with E-state index in [0.29, 0.717) is 13.0 Å². The fourth-order valence-electron chi connectivity index (χ4n) is 2.80. The molecule has 0 aliphatic heterocycles. The number of benzene rings is 1. The average molecular weight is 331 g/mol. The molecule has 0 atom stereocenters. The van der Waals surface area contributed by atoms with E-state index >= 15 is 0 Å². The summed E-state index contributed by atoms with van der Waals surface area (Å²) in [6, 6.07) is 8.41. The summed E-state index contributed by atoms with van der Waals surface area (Å²) >= 11 is 0. The van der Waals surface area contributed by atoms with Crippen LogP contribution in [0.4, 0.5) is 0 Å². The normalized spacial score (nSPS) is 15.3. The Morgan fingerprint density at radius 3 is 2.58 bits per heavy atom. The van der Waals surface area contributed by atoms with Crippen LogP contribution in [0.1, 0.15) is 49.7 Å². The number of hydrogen-bond acceptors (Lipinski definition) is 3. The molecular formula is C19H29N3O2. The number of nitrogens with zero attached hydrogens (tertiary/aromatic N) is 1. The number of carbonyl (C=O) groups is 1. The van der Waals surface area contributed by atoms with Crippen LogP contribution >= 0.6 is 0 Å². The monoisotopic (exact) mass is 331 g/mol. The average Bonchev–Trinajstić information content (AvgIpc) is 3.08. The zero-order chi connectivity index (χ0) is 17.2. The van der Waals surface area contributed by atoms with Crippen molar-refractivity contribution >= 4 is 11.9 Å². The maximum absolute atomic E-state index is 11.8. The van der Waals surface area contributed by atoms with Gasteiger partial charge >= 0.3 is 5.97 Å². The second kappa shape index (κ2) is 9.96. The van der Waals surface area contributed by atoms with Crippen molar-refractivity contribution in [3.63, 3.8) is 0 Å². The summed E-state index contributed by atoms with van der Waals surface area (Å²) in [7, 11) is 1.75. The largest absolute Gasteiger partial charge is 0.462 e. The molecule has 5 heteroatoms. The first-order chi connectivity index (χ1) is 11.7. The highest BCUT2D eigenvalue weighted by molar-refractivity contribution is 5.79. The number of guanidine groups is 1. The number of esters is 1. The molecule has 1 aromatic carbocycles. The lowest BCUT2D eigenvalue weighted by molar-refractivity contribution is -0.148. The van der Waals surface area contributed by atoms with Crippen molar-refractivity contribution in [2.24, 2.45) is 4.99 Å². The standard InChI is InChI=1S/C19H29N3O2/c1-15-9-11-16(12-10-15)14-22-19(20-2)21-13-5-8-18(23)24-17-6-3-4-7-17/h9-12,17H,3-8,13-14H2,1-2H3,(H2,20,21,22). The predicted molar refractivity (Wildman–Crippen MR) is 97.0 cm³/mol. The zero-order valence-electron chi connectivity index (χ0n) is 14.8. The van der Waals surface area contributed by atoms with E-state index in [1.165, 1.54) is 24.0 Å². The highest BCUT2D eigenvalue weighted by Crippen LogP contribution is 2.21. The number of hydrogen-bond donors (Lipinski definition) is 2. The van der Waals surface area contributed by atoms with E-state index in [1.807, 2.05) is 0 Å². The van der Waals surface area contributed by atoms with Crippen molar-refractivity contribution in [2.45, 2.75) is 58.1 Å². The molecule has 0 heterocycles. The first-order valence-electron chi connectivity index (χ1n) is 8.87. The van der Waals surface area contributed by atoms with Gasteiger partial charge < -0.3 is 15.4 Å². The molecule has 0 aromatic heterocycles. The molecule has 132 valence electrons. The van der Waals surface area contributed by atoms with Gasteiger partial charge in [0.05, 0.1) is 0 Å². The van der Waals surface area contributed by atoms with Crippen LogP contribution in [0.3, 0.4) is 0 Å². The molecule has 0 saturated heterocycles. The first kappa shape index (κ1) is 18.3. The fraction of sp³-hybridized carbons (Fsp3) is 0.579. The van der Waals surface area contributed by atoms with E-state index in [1.54, 1.807) is 7.05 Å².